The quantitative estimate of drug-likeness (QED) is 0.105. The van der Waals surface area contributed by atoms with Crippen LogP contribution < -0.4 is 4.57 Å². The second-order valence-corrected chi connectivity index (χ2v) is 9.45. The van der Waals surface area contributed by atoms with Crippen LogP contribution in [0.1, 0.15) is 82.3 Å². The van der Waals surface area contributed by atoms with Crippen molar-refractivity contribution in [2.75, 3.05) is 0 Å². The molecule has 2 rings (SSSR count). The monoisotopic (exact) mass is 462 g/mol. The smallest absolute Gasteiger partial charge is 0.177 e. The highest BCUT2D eigenvalue weighted by molar-refractivity contribution is 7.85. The molecule has 2 aromatic rings. The van der Waals surface area contributed by atoms with E-state index in [0.29, 0.717) is 0 Å². The van der Waals surface area contributed by atoms with E-state index in [9.17, 15) is 13.0 Å². The summed E-state index contributed by atoms with van der Waals surface area (Å²) in [5.74, 6) is 0. The molecule has 178 valence electrons. The van der Waals surface area contributed by atoms with Gasteiger partial charge in [-0.1, -0.05) is 81.1 Å². The van der Waals surface area contributed by atoms with Crippen molar-refractivity contribution in [2.45, 2.75) is 89.5 Å². The van der Waals surface area contributed by atoms with Crippen LogP contribution in [0.2, 0.25) is 0 Å². The van der Waals surface area contributed by atoms with Gasteiger partial charge in [0, 0.05) is 12.5 Å². The Kier molecular flexibility index (Phi) is 14.2. The molecule has 7 heteroatoms. The number of hydrogen-bond donors (Lipinski definition) is 1. The number of pyridine rings is 1. The summed E-state index contributed by atoms with van der Waals surface area (Å²) < 4.78 is 33.3. The maximum Gasteiger partial charge on any atom is 0.177 e. The van der Waals surface area contributed by atoms with Crippen molar-refractivity contribution < 1.29 is 22.7 Å². The predicted molar refractivity (Wildman–Crippen MR) is 127 cm³/mol. The number of nitrogens with zero attached hydrogens (tertiary/aromatic N) is 2. The van der Waals surface area contributed by atoms with Gasteiger partial charge in [-0.3, -0.25) is 0 Å². The Morgan fingerprint density at radius 3 is 2.03 bits per heavy atom. The van der Waals surface area contributed by atoms with Gasteiger partial charge in [0.2, 0.25) is 0 Å². The highest BCUT2D eigenvalue weighted by Gasteiger charge is 2.01. The van der Waals surface area contributed by atoms with Crippen LogP contribution in [-0.4, -0.2) is 24.4 Å². The minimum Gasteiger partial charge on any atom is -0.744 e. The van der Waals surface area contributed by atoms with Crippen LogP contribution in [0.25, 0.3) is 0 Å². The third-order valence-corrected chi connectivity index (χ3v) is 6.02. The van der Waals surface area contributed by atoms with Crippen molar-refractivity contribution in [3.05, 3.63) is 59.9 Å². The molecule has 0 aliphatic carbocycles. The Morgan fingerprint density at radius 1 is 0.938 bits per heavy atom. The van der Waals surface area contributed by atoms with Crippen LogP contribution in [-0.2, 0) is 16.7 Å². The predicted octanol–water partition coefficient (Wildman–Crippen LogP) is 5.60. The lowest BCUT2D eigenvalue weighted by molar-refractivity contribution is -0.697. The highest BCUT2D eigenvalue weighted by atomic mass is 32.2. The van der Waals surface area contributed by atoms with Crippen molar-refractivity contribution in [2.24, 2.45) is 5.16 Å². The molecule has 0 atom stereocenters. The fourth-order valence-electron chi connectivity index (χ4n) is 3.31. The summed E-state index contributed by atoms with van der Waals surface area (Å²) >= 11 is 0. The zero-order chi connectivity index (χ0) is 23.7. The summed E-state index contributed by atoms with van der Waals surface area (Å²) in [5, 5.41) is 11.6. The zero-order valence-corrected chi connectivity index (χ0v) is 20.3. The van der Waals surface area contributed by atoms with Crippen molar-refractivity contribution in [3.63, 3.8) is 0 Å². The first-order valence-electron chi connectivity index (χ1n) is 11.6. The minimum absolute atomic E-state index is 0.178. The first-order valence-corrected chi connectivity index (χ1v) is 13.0. The Bertz CT molecular complexity index is 881. The molecule has 1 aromatic carbocycles. The molecule has 0 fully saturated rings. The molecule has 0 saturated heterocycles. The summed E-state index contributed by atoms with van der Waals surface area (Å²) in [4.78, 5) is -0.178. The number of oxime groups is 1. The van der Waals surface area contributed by atoms with Gasteiger partial charge in [-0.05, 0) is 31.5 Å². The molecule has 32 heavy (non-hydrogen) atoms. The highest BCUT2D eigenvalue weighted by Crippen LogP contribution is 2.10. The summed E-state index contributed by atoms with van der Waals surface area (Å²) in [5.41, 5.74) is 1.87. The average Bonchev–Trinajstić information content (AvgIpc) is 2.76. The fraction of sp³-hybridized carbons (Fsp3) is 0.520. The molecule has 0 unspecified atom stereocenters. The van der Waals surface area contributed by atoms with Crippen LogP contribution >= 0.6 is 0 Å². The van der Waals surface area contributed by atoms with Gasteiger partial charge in [0.1, 0.15) is 16.7 Å². The third kappa shape index (κ3) is 13.2. The second kappa shape index (κ2) is 16.4. The molecule has 0 spiro atoms. The van der Waals surface area contributed by atoms with E-state index in [0.717, 1.165) is 17.7 Å². The minimum atomic E-state index is -4.27. The average molecular weight is 463 g/mol. The van der Waals surface area contributed by atoms with E-state index < -0.39 is 10.1 Å². The molecule has 1 N–H and O–H groups in total. The van der Waals surface area contributed by atoms with Gasteiger partial charge in [0.25, 0.3) is 0 Å². The number of rotatable bonds is 13. The van der Waals surface area contributed by atoms with Crippen LogP contribution in [0.3, 0.4) is 0 Å². The standard InChI is InChI=1S/C18H30N2O.C7H8O3S/c1-2-3-4-5-6-7-8-9-10-11-14-20-15-12-13-18(17-20)16-19-21;1-6-2-4-7(5-3-6)11(8,9)10/h12-13,15-17H,2-11,14H2,1H3;2-5H,1H3,(H,8,9,10). The zero-order valence-electron chi connectivity index (χ0n) is 19.4. The van der Waals surface area contributed by atoms with E-state index in [-0.39, 0.29) is 4.90 Å². The van der Waals surface area contributed by atoms with Crippen LogP contribution in [0.4, 0.5) is 0 Å². The Hall–Kier alpha value is -2.25. The van der Waals surface area contributed by atoms with Gasteiger partial charge in [0.05, 0.1) is 16.7 Å². The van der Waals surface area contributed by atoms with Gasteiger partial charge in [-0.25, -0.2) is 13.0 Å². The number of benzene rings is 1. The number of hydrogen-bond acceptors (Lipinski definition) is 5. The topological polar surface area (TPSA) is 93.7 Å². The van der Waals surface area contributed by atoms with Crippen LogP contribution in [0.5, 0.6) is 0 Å². The lowest BCUT2D eigenvalue weighted by Crippen LogP contribution is -2.33. The van der Waals surface area contributed by atoms with E-state index in [1.165, 1.54) is 82.6 Å². The fourth-order valence-corrected chi connectivity index (χ4v) is 3.78. The first kappa shape index (κ1) is 27.8. The number of aryl methyl sites for hydroxylation is 2. The SMILES string of the molecule is CCCCCCCCCCCC[n+]1cccc(C=NO)c1.Cc1ccc(S(=O)(=O)[O-])cc1. The van der Waals surface area contributed by atoms with Gasteiger partial charge >= 0.3 is 0 Å². The van der Waals surface area contributed by atoms with E-state index in [4.69, 9.17) is 5.21 Å². The first-order chi connectivity index (χ1) is 15.4. The molecule has 0 radical (unpaired) electrons. The van der Waals surface area contributed by atoms with Crippen molar-refractivity contribution in [1.82, 2.24) is 0 Å². The van der Waals surface area contributed by atoms with E-state index in [1.54, 1.807) is 12.1 Å². The lowest BCUT2D eigenvalue weighted by Gasteiger charge is -2.05. The van der Waals surface area contributed by atoms with E-state index in [2.05, 4.69) is 22.8 Å². The Balaban J connectivity index is 0.000000389. The molecular weight excluding hydrogens is 424 g/mol. The van der Waals surface area contributed by atoms with Crippen molar-refractivity contribution in [3.8, 4) is 0 Å². The maximum absolute atomic E-state index is 10.4. The van der Waals surface area contributed by atoms with E-state index in [1.807, 2.05) is 25.3 Å². The van der Waals surface area contributed by atoms with Gasteiger partial charge in [-0.2, -0.15) is 0 Å². The second-order valence-electron chi connectivity index (χ2n) is 8.07. The third-order valence-electron chi connectivity index (χ3n) is 5.17. The summed E-state index contributed by atoms with van der Waals surface area (Å²) in [7, 11) is -4.27. The molecule has 6 nitrogen and oxygen atoms in total. The summed E-state index contributed by atoms with van der Waals surface area (Å²) in [6.45, 7) is 5.13. The van der Waals surface area contributed by atoms with Crippen molar-refractivity contribution >= 4 is 16.3 Å². The largest absolute Gasteiger partial charge is 0.744 e. The van der Waals surface area contributed by atoms with Crippen LogP contribution in [0.15, 0.2) is 58.8 Å². The molecular formula is C25H38N2O4S. The molecule has 0 saturated carbocycles. The molecule has 0 aliphatic heterocycles. The Labute approximate surface area is 193 Å². The molecule has 1 aromatic heterocycles. The molecule has 0 amide bonds. The maximum atomic E-state index is 10.4. The summed E-state index contributed by atoms with van der Waals surface area (Å²) in [6, 6.07) is 9.72. The Morgan fingerprint density at radius 2 is 1.50 bits per heavy atom. The number of aromatic nitrogens is 1. The summed E-state index contributed by atoms with van der Waals surface area (Å²) in [6.07, 6.45) is 19.2. The van der Waals surface area contributed by atoms with Gasteiger partial charge in [-0.15, -0.1) is 0 Å². The molecule has 1 heterocycles. The van der Waals surface area contributed by atoms with Crippen molar-refractivity contribution in [1.29, 1.82) is 0 Å². The molecule has 0 aliphatic rings. The normalized spacial score (nSPS) is 11.3. The number of unbranched alkanes of at least 4 members (excludes halogenated alkanes) is 9. The van der Waals surface area contributed by atoms with Crippen LogP contribution in [0, 0.1) is 6.92 Å². The van der Waals surface area contributed by atoms with E-state index >= 15 is 0 Å². The van der Waals surface area contributed by atoms with Gasteiger partial charge < -0.3 is 9.76 Å². The lowest BCUT2D eigenvalue weighted by atomic mass is 10.1. The molecule has 0 bridgehead atoms. The van der Waals surface area contributed by atoms with Gasteiger partial charge in [0.15, 0.2) is 12.4 Å².